The number of rotatable bonds is 3. The average molecular weight is 256 g/mol. The van der Waals surface area contributed by atoms with Crippen LogP contribution in [0, 0.1) is 6.57 Å². The van der Waals surface area contributed by atoms with Gasteiger partial charge in [0, 0.05) is 6.20 Å². The number of nitrogens with zero attached hydrogens (tertiary/aromatic N) is 3. The van der Waals surface area contributed by atoms with Crippen LogP contribution >= 0.6 is 15.9 Å². The van der Waals surface area contributed by atoms with E-state index in [1.54, 1.807) is 0 Å². The van der Waals surface area contributed by atoms with E-state index in [9.17, 15) is 0 Å². The van der Waals surface area contributed by atoms with Crippen molar-refractivity contribution >= 4 is 15.9 Å². The molecule has 0 amide bonds. The molecule has 1 saturated carbocycles. The lowest BCUT2D eigenvalue weighted by atomic mass is 10.6. The van der Waals surface area contributed by atoms with Crippen LogP contribution in [-0.2, 0) is 0 Å². The summed E-state index contributed by atoms with van der Waals surface area (Å²) in [4.78, 5) is 3.48. The molecule has 5 heteroatoms. The molecule has 0 bridgehead atoms. The van der Waals surface area contributed by atoms with Gasteiger partial charge in [0.2, 0.25) is 11.9 Å². The van der Waals surface area contributed by atoms with Gasteiger partial charge in [0.25, 0.3) is 0 Å². The molecule has 1 fully saturated rings. The molecule has 0 N–H and O–H groups in total. The molecule has 14 heavy (non-hydrogen) atoms. The highest BCUT2D eigenvalue weighted by Crippen LogP contribution is 2.40. The minimum Gasteiger partial charge on any atom is -0.476 e. The monoisotopic (exact) mass is 255 g/mol. The molecule has 1 aliphatic carbocycles. The van der Waals surface area contributed by atoms with Crippen LogP contribution in [0.15, 0.2) is 10.7 Å². The smallest absolute Gasteiger partial charge is 0.248 e. The van der Waals surface area contributed by atoms with Crippen LogP contribution in [0.5, 0.6) is 5.88 Å². The van der Waals surface area contributed by atoms with Crippen molar-refractivity contribution in [2.75, 3.05) is 6.61 Å². The van der Waals surface area contributed by atoms with Crippen LogP contribution < -0.4 is 4.74 Å². The Kier molecular flexibility index (Phi) is 2.46. The Morgan fingerprint density at radius 3 is 3.21 bits per heavy atom. The van der Waals surface area contributed by atoms with E-state index < -0.39 is 0 Å². The Morgan fingerprint density at radius 1 is 1.86 bits per heavy atom. The number of halogens is 1. The fourth-order valence-electron chi connectivity index (χ4n) is 1.35. The van der Waals surface area contributed by atoms with Gasteiger partial charge in [-0.05, 0) is 22.9 Å². The first-order valence-electron chi connectivity index (χ1n) is 4.50. The van der Waals surface area contributed by atoms with Gasteiger partial charge < -0.3 is 9.58 Å². The molecule has 74 valence electrons. The predicted molar refractivity (Wildman–Crippen MR) is 55.1 cm³/mol. The second-order valence-corrected chi connectivity index (χ2v) is 4.05. The maximum absolute atomic E-state index is 6.88. The normalized spacial score (nSPS) is 24.4. The number of hydrogen-bond acceptors (Lipinski definition) is 2. The second kappa shape index (κ2) is 3.62. The summed E-state index contributed by atoms with van der Waals surface area (Å²) in [5.41, 5.74) is 0. The van der Waals surface area contributed by atoms with Gasteiger partial charge in [-0.2, -0.15) is 0 Å². The maximum Gasteiger partial charge on any atom is 0.248 e. The van der Waals surface area contributed by atoms with Crippen LogP contribution in [0.4, 0.5) is 0 Å². The molecule has 4 nitrogen and oxygen atoms in total. The molecule has 0 aliphatic heterocycles. The number of aromatic nitrogens is 2. The molecular weight excluding hydrogens is 246 g/mol. The predicted octanol–water partition coefficient (Wildman–Crippen LogP) is 2.28. The zero-order valence-corrected chi connectivity index (χ0v) is 9.36. The highest BCUT2D eigenvalue weighted by molar-refractivity contribution is 9.10. The van der Waals surface area contributed by atoms with Gasteiger partial charge in [-0.15, -0.1) is 5.10 Å². The Morgan fingerprint density at radius 2 is 2.64 bits per heavy atom. The third kappa shape index (κ3) is 1.62. The molecular formula is C9H10BrN3O. The summed E-state index contributed by atoms with van der Waals surface area (Å²) in [5, 5.41) is 4.26. The number of hydrogen-bond donors (Lipinski definition) is 0. The van der Waals surface area contributed by atoms with E-state index in [0.717, 1.165) is 10.9 Å². The van der Waals surface area contributed by atoms with Crippen molar-refractivity contribution in [2.45, 2.75) is 25.4 Å². The molecule has 1 aromatic heterocycles. The molecule has 2 atom stereocenters. The molecule has 1 heterocycles. The highest BCUT2D eigenvalue weighted by atomic mass is 79.9. The molecule has 2 unspecified atom stereocenters. The molecule has 2 rings (SSSR count). The fourth-order valence-corrected chi connectivity index (χ4v) is 1.75. The zero-order valence-electron chi connectivity index (χ0n) is 7.77. The first kappa shape index (κ1) is 9.53. The molecule has 1 aromatic rings. The highest BCUT2D eigenvalue weighted by Gasteiger charge is 2.46. The minimum absolute atomic E-state index is 0.108. The van der Waals surface area contributed by atoms with E-state index in [0.29, 0.717) is 12.5 Å². The zero-order chi connectivity index (χ0) is 10.1. The summed E-state index contributed by atoms with van der Waals surface area (Å²) >= 11 is 3.37. The maximum atomic E-state index is 6.88. The van der Waals surface area contributed by atoms with Gasteiger partial charge in [0.05, 0.1) is 17.5 Å². The van der Waals surface area contributed by atoms with Crippen LogP contribution in [0.1, 0.15) is 19.4 Å². The summed E-state index contributed by atoms with van der Waals surface area (Å²) in [7, 11) is 0. The Bertz CT molecular complexity index is 382. The summed E-state index contributed by atoms with van der Waals surface area (Å²) in [5.74, 6) is 0.614. The minimum atomic E-state index is 0.108. The van der Waals surface area contributed by atoms with Crippen LogP contribution in [0.2, 0.25) is 0 Å². The van der Waals surface area contributed by atoms with Crippen molar-refractivity contribution in [3.63, 3.8) is 0 Å². The standard InChI is InChI=1S/C9H10BrN3O/c1-3-14-9-6(10)5-13(12-9)8-4-7(8)11-2/h5,7-8H,3-4H2,1H3. The lowest BCUT2D eigenvalue weighted by molar-refractivity contribution is 0.319. The number of ether oxygens (including phenoxy) is 1. The molecule has 0 aromatic carbocycles. The molecule has 0 saturated heterocycles. The van der Waals surface area contributed by atoms with Gasteiger partial charge >= 0.3 is 0 Å². The van der Waals surface area contributed by atoms with E-state index in [-0.39, 0.29) is 12.1 Å². The van der Waals surface area contributed by atoms with E-state index in [1.807, 2.05) is 17.8 Å². The van der Waals surface area contributed by atoms with Crippen molar-refractivity contribution in [1.82, 2.24) is 9.78 Å². The Balaban J connectivity index is 2.14. The van der Waals surface area contributed by atoms with Crippen molar-refractivity contribution in [3.8, 4) is 5.88 Å². The third-order valence-corrected chi connectivity index (χ3v) is 2.71. The first-order chi connectivity index (χ1) is 6.76. The van der Waals surface area contributed by atoms with Gasteiger partial charge in [-0.25, -0.2) is 6.57 Å². The average Bonchev–Trinajstić information content (AvgIpc) is 2.87. The summed E-state index contributed by atoms with van der Waals surface area (Å²) in [6.45, 7) is 9.41. The van der Waals surface area contributed by atoms with E-state index in [4.69, 9.17) is 11.3 Å². The summed E-state index contributed by atoms with van der Waals surface area (Å²) < 4.78 is 7.98. The van der Waals surface area contributed by atoms with E-state index >= 15 is 0 Å². The van der Waals surface area contributed by atoms with Gasteiger partial charge in [0.1, 0.15) is 6.04 Å². The quantitative estimate of drug-likeness (QED) is 0.777. The third-order valence-electron chi connectivity index (χ3n) is 2.17. The molecule has 1 aliphatic rings. The Hall–Kier alpha value is -1.02. The van der Waals surface area contributed by atoms with Crippen molar-refractivity contribution < 1.29 is 4.74 Å². The lowest BCUT2D eigenvalue weighted by Crippen LogP contribution is -1.99. The van der Waals surface area contributed by atoms with Crippen LogP contribution in [0.3, 0.4) is 0 Å². The topological polar surface area (TPSA) is 31.4 Å². The van der Waals surface area contributed by atoms with Crippen molar-refractivity contribution in [1.29, 1.82) is 0 Å². The van der Waals surface area contributed by atoms with Crippen molar-refractivity contribution in [3.05, 3.63) is 22.1 Å². The van der Waals surface area contributed by atoms with Crippen LogP contribution in [0.25, 0.3) is 4.85 Å². The van der Waals surface area contributed by atoms with Gasteiger partial charge in [-0.1, -0.05) is 0 Å². The van der Waals surface area contributed by atoms with Crippen LogP contribution in [-0.4, -0.2) is 22.4 Å². The van der Waals surface area contributed by atoms with Crippen molar-refractivity contribution in [2.24, 2.45) is 0 Å². The fraction of sp³-hybridized carbons (Fsp3) is 0.556. The summed E-state index contributed by atoms with van der Waals surface area (Å²) in [6, 6.07) is 0.356. The van der Waals surface area contributed by atoms with Gasteiger partial charge in [0.15, 0.2) is 0 Å². The molecule has 0 radical (unpaired) electrons. The lowest BCUT2D eigenvalue weighted by Gasteiger charge is -1.96. The SMILES string of the molecule is [C-]#[N+]C1CC1n1cc(Br)c(OCC)n1. The van der Waals surface area contributed by atoms with E-state index in [2.05, 4.69) is 25.9 Å². The van der Waals surface area contributed by atoms with E-state index in [1.165, 1.54) is 0 Å². The molecule has 0 spiro atoms. The second-order valence-electron chi connectivity index (χ2n) is 3.19. The first-order valence-corrected chi connectivity index (χ1v) is 5.29. The Labute approximate surface area is 90.8 Å². The summed E-state index contributed by atoms with van der Waals surface area (Å²) in [6.07, 6.45) is 2.78. The van der Waals surface area contributed by atoms with Gasteiger partial charge in [-0.3, -0.25) is 4.68 Å². The largest absolute Gasteiger partial charge is 0.476 e.